The van der Waals surface area contributed by atoms with E-state index in [0.29, 0.717) is 17.2 Å². The number of anilines is 1. The van der Waals surface area contributed by atoms with Gasteiger partial charge in [0.25, 0.3) is 0 Å². The van der Waals surface area contributed by atoms with E-state index in [1.165, 1.54) is 16.2 Å². The Hall–Kier alpha value is -1.70. The predicted octanol–water partition coefficient (Wildman–Crippen LogP) is 4.06. The van der Waals surface area contributed by atoms with Crippen molar-refractivity contribution in [3.8, 4) is 0 Å². The van der Waals surface area contributed by atoms with E-state index in [1.54, 1.807) is 18.3 Å². The van der Waals surface area contributed by atoms with Crippen LogP contribution in [0.25, 0.3) is 0 Å². The van der Waals surface area contributed by atoms with E-state index in [-0.39, 0.29) is 18.4 Å². The minimum atomic E-state index is -0.384. The first-order chi connectivity index (χ1) is 12.0. The highest BCUT2D eigenvalue weighted by Crippen LogP contribution is 2.33. The average molecular weight is 381 g/mol. The van der Waals surface area contributed by atoms with Crippen LogP contribution < -0.4 is 5.32 Å². The highest BCUT2D eigenvalue weighted by Gasteiger charge is 2.22. The number of amides is 1. The van der Waals surface area contributed by atoms with Gasteiger partial charge in [-0.15, -0.1) is 22.7 Å². The van der Waals surface area contributed by atoms with Gasteiger partial charge in [0.2, 0.25) is 5.91 Å². The molecule has 7 heteroatoms. The van der Waals surface area contributed by atoms with Crippen molar-refractivity contribution in [1.29, 1.82) is 0 Å². The van der Waals surface area contributed by atoms with E-state index in [2.05, 4.69) is 16.3 Å². The van der Waals surface area contributed by atoms with Gasteiger partial charge in [0.05, 0.1) is 18.7 Å². The fourth-order valence-electron chi connectivity index (χ4n) is 2.44. The lowest BCUT2D eigenvalue weighted by Crippen LogP contribution is -2.32. The Morgan fingerprint density at radius 2 is 2.04 bits per heavy atom. The first kappa shape index (κ1) is 19.6. The lowest BCUT2D eigenvalue weighted by molar-refractivity contribution is -0.117. The molecule has 5 nitrogen and oxygen atoms in total. The van der Waals surface area contributed by atoms with E-state index >= 15 is 0 Å². The first-order valence-electron chi connectivity index (χ1n) is 8.27. The van der Waals surface area contributed by atoms with Gasteiger partial charge in [0, 0.05) is 16.3 Å². The number of rotatable bonds is 8. The summed E-state index contributed by atoms with van der Waals surface area (Å²) in [6, 6.07) is 4.08. The molecule has 0 fully saturated rings. The van der Waals surface area contributed by atoms with E-state index < -0.39 is 0 Å². The zero-order valence-corrected chi connectivity index (χ0v) is 16.7. The molecule has 0 unspecified atom stereocenters. The Labute approximate surface area is 156 Å². The van der Waals surface area contributed by atoms with Crippen molar-refractivity contribution >= 4 is 39.6 Å². The summed E-state index contributed by atoms with van der Waals surface area (Å²) in [6.07, 6.45) is 0. The van der Waals surface area contributed by atoms with Crippen LogP contribution in [0.15, 0.2) is 17.5 Å². The second kappa shape index (κ2) is 9.12. The highest BCUT2D eigenvalue weighted by atomic mass is 32.1. The Morgan fingerprint density at radius 1 is 1.28 bits per heavy atom. The Bertz CT molecular complexity index is 723. The van der Waals surface area contributed by atoms with Crippen LogP contribution >= 0.6 is 22.7 Å². The SMILES string of the molecule is CCOC(=O)c1c(NC(=O)CN(CC)Cc2cccs2)sc(C)c1C. The van der Waals surface area contributed by atoms with Crippen LogP contribution in [0.3, 0.4) is 0 Å². The third kappa shape index (κ3) is 5.14. The first-order valence-corrected chi connectivity index (χ1v) is 9.97. The molecule has 0 spiro atoms. The second-order valence-electron chi connectivity index (χ2n) is 5.64. The van der Waals surface area contributed by atoms with Gasteiger partial charge in [-0.2, -0.15) is 0 Å². The number of aryl methyl sites for hydroxylation is 1. The maximum atomic E-state index is 12.5. The fourth-order valence-corrected chi connectivity index (χ4v) is 4.25. The van der Waals surface area contributed by atoms with Gasteiger partial charge in [-0.1, -0.05) is 13.0 Å². The normalized spacial score (nSPS) is 10.9. The van der Waals surface area contributed by atoms with Crippen LogP contribution in [-0.2, 0) is 16.1 Å². The summed E-state index contributed by atoms with van der Waals surface area (Å²) in [6.45, 7) is 9.74. The molecule has 1 amide bonds. The molecule has 25 heavy (non-hydrogen) atoms. The van der Waals surface area contributed by atoms with Gasteiger partial charge in [-0.25, -0.2) is 4.79 Å². The number of nitrogens with zero attached hydrogens (tertiary/aromatic N) is 1. The minimum absolute atomic E-state index is 0.120. The number of hydrogen-bond acceptors (Lipinski definition) is 6. The van der Waals surface area contributed by atoms with Crippen LogP contribution in [0.2, 0.25) is 0 Å². The molecule has 2 rings (SSSR count). The van der Waals surface area contributed by atoms with Crippen molar-refractivity contribution in [2.75, 3.05) is 25.0 Å². The smallest absolute Gasteiger partial charge is 0.341 e. The molecule has 0 aliphatic heterocycles. The van der Waals surface area contributed by atoms with Gasteiger partial charge in [0.1, 0.15) is 5.00 Å². The third-order valence-electron chi connectivity index (χ3n) is 3.89. The van der Waals surface area contributed by atoms with Gasteiger partial charge in [0.15, 0.2) is 0 Å². The maximum Gasteiger partial charge on any atom is 0.341 e. The maximum absolute atomic E-state index is 12.5. The van der Waals surface area contributed by atoms with E-state index in [1.807, 2.05) is 32.2 Å². The molecule has 0 saturated heterocycles. The standard InChI is InChI=1S/C18H24N2O3S2/c1-5-20(10-14-8-7-9-24-14)11-15(21)19-17-16(18(22)23-6-2)12(3)13(4)25-17/h7-9H,5-6,10-11H2,1-4H3,(H,19,21). The molecule has 2 aromatic heterocycles. The van der Waals surface area contributed by atoms with Crippen molar-refractivity contribution in [3.63, 3.8) is 0 Å². The number of thiophene rings is 2. The van der Waals surface area contributed by atoms with Gasteiger partial charge < -0.3 is 10.1 Å². The molecule has 2 heterocycles. The molecule has 0 radical (unpaired) electrons. The van der Waals surface area contributed by atoms with E-state index in [4.69, 9.17) is 4.74 Å². The molecule has 0 bridgehead atoms. The summed E-state index contributed by atoms with van der Waals surface area (Å²) in [7, 11) is 0. The lowest BCUT2D eigenvalue weighted by atomic mass is 10.1. The average Bonchev–Trinajstić information content (AvgIpc) is 3.16. The highest BCUT2D eigenvalue weighted by molar-refractivity contribution is 7.16. The minimum Gasteiger partial charge on any atom is -0.462 e. The van der Waals surface area contributed by atoms with Gasteiger partial charge >= 0.3 is 5.97 Å². The Kier molecular flexibility index (Phi) is 7.16. The molecule has 0 aliphatic carbocycles. The number of nitrogens with one attached hydrogen (secondary N) is 1. The molecule has 0 atom stereocenters. The number of hydrogen-bond donors (Lipinski definition) is 1. The monoisotopic (exact) mass is 380 g/mol. The van der Waals surface area contributed by atoms with Crippen molar-refractivity contribution in [2.24, 2.45) is 0 Å². The summed E-state index contributed by atoms with van der Waals surface area (Å²) in [5.41, 5.74) is 1.34. The molecular weight excluding hydrogens is 356 g/mol. The summed E-state index contributed by atoms with van der Waals surface area (Å²) in [5.74, 6) is -0.504. The Balaban J connectivity index is 2.06. The predicted molar refractivity (Wildman–Crippen MR) is 104 cm³/mol. The molecular formula is C18H24N2O3S2. The number of ether oxygens (including phenoxy) is 1. The van der Waals surface area contributed by atoms with Crippen LogP contribution in [-0.4, -0.2) is 36.5 Å². The topological polar surface area (TPSA) is 58.6 Å². The van der Waals surface area contributed by atoms with E-state index in [0.717, 1.165) is 23.5 Å². The molecule has 0 aliphatic rings. The summed E-state index contributed by atoms with van der Waals surface area (Å²) < 4.78 is 5.12. The van der Waals surface area contributed by atoms with Crippen LogP contribution in [0.1, 0.15) is 39.5 Å². The van der Waals surface area contributed by atoms with Gasteiger partial charge in [-0.05, 0) is 44.3 Å². The van der Waals surface area contributed by atoms with E-state index in [9.17, 15) is 9.59 Å². The second-order valence-corrected chi connectivity index (χ2v) is 7.90. The molecule has 0 aromatic carbocycles. The number of esters is 1. The lowest BCUT2D eigenvalue weighted by Gasteiger charge is -2.19. The molecule has 1 N–H and O–H groups in total. The summed E-state index contributed by atoms with van der Waals surface area (Å²) in [4.78, 5) is 29.0. The zero-order valence-electron chi connectivity index (χ0n) is 15.0. The molecule has 136 valence electrons. The summed E-state index contributed by atoms with van der Waals surface area (Å²) in [5, 5.41) is 5.50. The largest absolute Gasteiger partial charge is 0.462 e. The third-order valence-corrected chi connectivity index (χ3v) is 5.88. The summed E-state index contributed by atoms with van der Waals surface area (Å²) >= 11 is 3.10. The zero-order chi connectivity index (χ0) is 18.4. The van der Waals surface area contributed by atoms with Crippen molar-refractivity contribution in [3.05, 3.63) is 38.4 Å². The number of likely N-dealkylation sites (N-methyl/N-ethyl adjacent to an activating group) is 1. The van der Waals surface area contributed by atoms with Crippen LogP contribution in [0.5, 0.6) is 0 Å². The number of carbonyl (C=O) groups excluding carboxylic acids is 2. The quantitative estimate of drug-likeness (QED) is 0.702. The fraction of sp³-hybridized carbons (Fsp3) is 0.444. The van der Waals surface area contributed by atoms with Crippen molar-refractivity contribution < 1.29 is 14.3 Å². The van der Waals surface area contributed by atoms with Crippen LogP contribution in [0, 0.1) is 13.8 Å². The van der Waals surface area contributed by atoms with Crippen LogP contribution in [0.4, 0.5) is 5.00 Å². The van der Waals surface area contributed by atoms with Gasteiger partial charge in [-0.3, -0.25) is 9.69 Å². The van der Waals surface area contributed by atoms with Crippen molar-refractivity contribution in [1.82, 2.24) is 4.90 Å². The molecule has 2 aromatic rings. The molecule has 0 saturated carbocycles. The van der Waals surface area contributed by atoms with Crippen molar-refractivity contribution in [2.45, 2.75) is 34.2 Å². The number of carbonyl (C=O) groups is 2. The Morgan fingerprint density at radius 3 is 2.64 bits per heavy atom.